The van der Waals surface area contributed by atoms with Crippen molar-refractivity contribution in [2.24, 2.45) is 0 Å². The molecular weight excluding hydrogens is 564 g/mol. The summed E-state index contributed by atoms with van der Waals surface area (Å²) in [7, 11) is 2.06. The molecule has 2 aliphatic rings. The van der Waals surface area contributed by atoms with Crippen molar-refractivity contribution in [1.82, 2.24) is 4.90 Å². The Hall–Kier alpha value is -2.49. The summed E-state index contributed by atoms with van der Waals surface area (Å²) >= 11 is 3.46. The smallest absolute Gasteiger partial charge is 0.260 e. The molecule has 0 unspecified atom stereocenters. The van der Waals surface area contributed by atoms with Gasteiger partial charge in [0.2, 0.25) is 0 Å². The van der Waals surface area contributed by atoms with E-state index in [1.165, 1.54) is 0 Å². The largest absolute Gasteiger partial charge is 0.497 e. The second-order valence-electron chi connectivity index (χ2n) is 10.9. The average molecular weight is 604 g/mol. The van der Waals surface area contributed by atoms with Gasteiger partial charge in [0.15, 0.2) is 11.5 Å². The summed E-state index contributed by atoms with van der Waals surface area (Å²) in [4.78, 5) is 18.0. The first-order chi connectivity index (χ1) is 18.2. The van der Waals surface area contributed by atoms with Crippen LogP contribution in [0.15, 0.2) is 42.6 Å². The number of anilines is 1. The first-order valence-corrected chi connectivity index (χ1v) is 18.0. The number of carbonyl (C=O) groups excluding carboxylic acids is 1. The Morgan fingerprint density at radius 1 is 1.05 bits per heavy atom. The molecule has 0 spiro atoms. The van der Waals surface area contributed by atoms with Gasteiger partial charge < -0.3 is 28.7 Å². The minimum absolute atomic E-state index is 0.0135. The van der Waals surface area contributed by atoms with E-state index in [1.807, 2.05) is 41.4 Å². The highest BCUT2D eigenvalue weighted by molar-refractivity contribution is 9.09. The molecule has 2 aliphatic heterocycles. The number of amides is 1. The van der Waals surface area contributed by atoms with Crippen molar-refractivity contribution in [3.05, 3.63) is 53.7 Å². The van der Waals surface area contributed by atoms with E-state index in [0.717, 1.165) is 46.8 Å². The molecule has 206 valence electrons. The number of alkyl halides is 1. The van der Waals surface area contributed by atoms with E-state index >= 15 is 0 Å². The molecule has 9 heteroatoms. The Kier molecular flexibility index (Phi) is 9.44. The number of ether oxygens (including phenoxy) is 4. The lowest BCUT2D eigenvalue weighted by molar-refractivity contribution is 0.0791. The summed E-state index contributed by atoms with van der Waals surface area (Å²) in [5, 5.41) is 0.856. The molecule has 2 aromatic rings. The number of carbonyl (C=O) groups is 1. The van der Waals surface area contributed by atoms with Gasteiger partial charge in [0, 0.05) is 38.8 Å². The van der Waals surface area contributed by atoms with E-state index in [1.54, 1.807) is 14.2 Å². The molecule has 0 fully saturated rings. The van der Waals surface area contributed by atoms with Gasteiger partial charge in [-0.3, -0.25) is 4.79 Å². The summed E-state index contributed by atoms with van der Waals surface area (Å²) in [5.41, 5.74) is 3.60. The summed E-state index contributed by atoms with van der Waals surface area (Å²) in [6.07, 6.45) is 3.62. The van der Waals surface area contributed by atoms with Gasteiger partial charge >= 0.3 is 0 Å². The third-order valence-electron chi connectivity index (χ3n) is 6.88. The number of hydrogen-bond donors (Lipinski definition) is 0. The zero-order valence-electron chi connectivity index (χ0n) is 23.1. The van der Waals surface area contributed by atoms with Crippen LogP contribution in [0.5, 0.6) is 17.2 Å². The first kappa shape index (κ1) is 28.5. The molecule has 1 amide bonds. The average Bonchev–Trinajstić information content (AvgIpc) is 3.29. The van der Waals surface area contributed by atoms with Crippen LogP contribution in [-0.2, 0) is 4.74 Å². The van der Waals surface area contributed by atoms with E-state index in [9.17, 15) is 4.79 Å². The normalized spacial score (nSPS) is 17.1. The Morgan fingerprint density at radius 3 is 2.58 bits per heavy atom. The van der Waals surface area contributed by atoms with Crippen molar-refractivity contribution >= 4 is 41.2 Å². The fraction of sp³-hybridized carbons (Fsp3) is 0.483. The van der Waals surface area contributed by atoms with Crippen molar-refractivity contribution in [1.29, 1.82) is 0 Å². The van der Waals surface area contributed by atoms with Crippen LogP contribution in [0.4, 0.5) is 5.69 Å². The maximum absolute atomic E-state index is 14.0. The number of nitrogens with zero attached hydrogens (tertiary/aromatic N) is 2. The van der Waals surface area contributed by atoms with Crippen LogP contribution in [0, 0.1) is 0 Å². The summed E-state index contributed by atoms with van der Waals surface area (Å²) < 4.78 is 23.3. The molecule has 4 rings (SSSR count). The van der Waals surface area contributed by atoms with E-state index < -0.39 is 8.07 Å². The lowest BCUT2D eigenvalue weighted by Crippen LogP contribution is -2.39. The van der Waals surface area contributed by atoms with Crippen molar-refractivity contribution in [3.63, 3.8) is 0 Å². The monoisotopic (exact) mass is 602 g/mol. The number of hydrogen-bond acceptors (Lipinski definition) is 6. The van der Waals surface area contributed by atoms with Gasteiger partial charge in [-0.05, 0) is 48.2 Å². The minimum atomic E-state index is -1.22. The van der Waals surface area contributed by atoms with Crippen molar-refractivity contribution in [2.45, 2.75) is 44.6 Å². The van der Waals surface area contributed by atoms with Crippen LogP contribution in [0.2, 0.25) is 25.7 Å². The number of benzene rings is 2. The Bertz CT molecular complexity index is 1170. The van der Waals surface area contributed by atoms with Gasteiger partial charge in [-0.2, -0.15) is 0 Å². The summed E-state index contributed by atoms with van der Waals surface area (Å²) in [6, 6.07) is 12.8. The summed E-state index contributed by atoms with van der Waals surface area (Å²) in [5.74, 6) is 1.96. The molecular formula is C29H39BrN2O5Si. The molecule has 38 heavy (non-hydrogen) atoms. The topological polar surface area (TPSA) is 60.5 Å². The fourth-order valence-corrected chi connectivity index (χ4v) is 5.71. The molecule has 1 atom stereocenters. The van der Waals surface area contributed by atoms with Gasteiger partial charge in [0.05, 0.1) is 38.1 Å². The van der Waals surface area contributed by atoms with E-state index in [0.29, 0.717) is 43.6 Å². The lowest BCUT2D eigenvalue weighted by Gasteiger charge is -2.28. The third kappa shape index (κ3) is 6.73. The van der Waals surface area contributed by atoms with Crippen LogP contribution in [0.3, 0.4) is 0 Å². The molecule has 0 radical (unpaired) electrons. The second kappa shape index (κ2) is 12.6. The van der Waals surface area contributed by atoms with Gasteiger partial charge in [0.1, 0.15) is 12.5 Å². The molecule has 0 aliphatic carbocycles. The number of methoxy groups -OCH3 is 2. The highest BCUT2D eigenvalue weighted by atomic mass is 79.9. The number of rotatable bonds is 12. The summed E-state index contributed by atoms with van der Waals surface area (Å²) in [6.45, 7) is 9.38. The van der Waals surface area contributed by atoms with Crippen LogP contribution >= 0.6 is 15.9 Å². The highest BCUT2D eigenvalue weighted by Crippen LogP contribution is 2.41. The fourth-order valence-electron chi connectivity index (χ4n) is 4.73. The standard InChI is InChI=1S/C29H39BrN2O5Si/c1-34-24-9-6-8-21(15-24)22-14-23-19-31(20-36-12-13-38(3,4)5)26-17-28(37-11-7-10-30)27(35-2)16-25(26)29(33)32(23)18-22/h6,8-9,15-18,23H,7,10-14,19-20H2,1-5H3/t23-/m0/s1. The van der Waals surface area contributed by atoms with Crippen LogP contribution in [0.25, 0.3) is 5.57 Å². The second-order valence-corrected chi connectivity index (χ2v) is 17.4. The SMILES string of the molecule is COc1cccc(C2=CN3C(=O)c4cc(OC)c(OCCCBr)cc4N(COCC[Si](C)(C)C)C[C@@H]3C2)c1. The molecule has 2 aromatic carbocycles. The number of halogens is 1. The maximum Gasteiger partial charge on any atom is 0.260 e. The molecule has 0 bridgehead atoms. The first-order valence-electron chi connectivity index (χ1n) is 13.2. The van der Waals surface area contributed by atoms with E-state index in [4.69, 9.17) is 18.9 Å². The minimum Gasteiger partial charge on any atom is -0.497 e. The third-order valence-corrected chi connectivity index (χ3v) is 9.15. The predicted molar refractivity (Wildman–Crippen MR) is 159 cm³/mol. The molecule has 0 saturated carbocycles. The Balaban J connectivity index is 1.67. The zero-order valence-corrected chi connectivity index (χ0v) is 25.7. The van der Waals surface area contributed by atoms with Gasteiger partial charge in [-0.25, -0.2) is 0 Å². The highest BCUT2D eigenvalue weighted by Gasteiger charge is 2.37. The van der Waals surface area contributed by atoms with Crippen LogP contribution in [-0.4, -0.2) is 71.0 Å². The number of fused-ring (bicyclic) bond motifs is 2. The lowest BCUT2D eigenvalue weighted by atomic mass is 10.0. The molecule has 2 heterocycles. The van der Waals surface area contributed by atoms with Gasteiger partial charge in [0.25, 0.3) is 5.91 Å². The van der Waals surface area contributed by atoms with E-state index in [2.05, 4.69) is 46.5 Å². The zero-order chi connectivity index (χ0) is 27.3. The van der Waals surface area contributed by atoms with Crippen molar-refractivity contribution < 1.29 is 23.7 Å². The Labute approximate surface area is 235 Å². The van der Waals surface area contributed by atoms with Crippen LogP contribution < -0.4 is 19.1 Å². The van der Waals surface area contributed by atoms with Gasteiger partial charge in [-0.15, -0.1) is 0 Å². The maximum atomic E-state index is 14.0. The Morgan fingerprint density at radius 2 is 1.87 bits per heavy atom. The van der Waals surface area contributed by atoms with Crippen molar-refractivity contribution in [2.75, 3.05) is 50.9 Å². The molecule has 0 N–H and O–H groups in total. The van der Waals surface area contributed by atoms with E-state index in [-0.39, 0.29) is 11.9 Å². The quantitative estimate of drug-likeness (QED) is 0.162. The van der Waals surface area contributed by atoms with Crippen LogP contribution in [0.1, 0.15) is 28.8 Å². The van der Waals surface area contributed by atoms with Crippen molar-refractivity contribution in [3.8, 4) is 17.2 Å². The molecule has 7 nitrogen and oxygen atoms in total. The predicted octanol–water partition coefficient (Wildman–Crippen LogP) is 6.26. The molecule has 0 saturated heterocycles. The van der Waals surface area contributed by atoms with Gasteiger partial charge in [-0.1, -0.05) is 47.7 Å². The molecule has 0 aromatic heterocycles.